The minimum atomic E-state index is -0.333. The third kappa shape index (κ3) is 3.62. The number of thiophene rings is 1. The first kappa shape index (κ1) is 15.5. The predicted molar refractivity (Wildman–Crippen MR) is 81.5 cm³/mol. The van der Waals surface area contributed by atoms with E-state index in [1.165, 1.54) is 25.6 Å². The molecule has 110 valence electrons. The summed E-state index contributed by atoms with van der Waals surface area (Å²) in [6.07, 6.45) is 0.159. The molecule has 0 N–H and O–H groups in total. The van der Waals surface area contributed by atoms with Crippen LogP contribution >= 0.6 is 22.9 Å². The Bertz CT molecular complexity index is 678. The molecule has 0 atom stereocenters. The van der Waals surface area contributed by atoms with Crippen molar-refractivity contribution in [3.05, 3.63) is 50.7 Å². The van der Waals surface area contributed by atoms with Crippen LogP contribution in [0.4, 0.5) is 0 Å². The van der Waals surface area contributed by atoms with Gasteiger partial charge in [-0.2, -0.15) is 0 Å². The molecule has 0 aliphatic heterocycles. The molecule has 0 aliphatic carbocycles. The fraction of sp³-hybridized carbons (Fsp3) is 0.200. The maximum absolute atomic E-state index is 12.5. The summed E-state index contributed by atoms with van der Waals surface area (Å²) in [7, 11) is 2.82. The normalized spacial score (nSPS) is 10.2. The van der Waals surface area contributed by atoms with Crippen LogP contribution < -0.4 is 4.74 Å². The molecule has 1 aromatic heterocycles. The van der Waals surface area contributed by atoms with Crippen molar-refractivity contribution in [1.29, 1.82) is 0 Å². The highest BCUT2D eigenvalue weighted by atomic mass is 35.5. The van der Waals surface area contributed by atoms with Gasteiger partial charge in [0.2, 0.25) is 5.78 Å². The van der Waals surface area contributed by atoms with E-state index in [0.717, 1.165) is 4.88 Å². The number of halogens is 1. The fourth-order valence-electron chi connectivity index (χ4n) is 1.79. The third-order valence-corrected chi connectivity index (χ3v) is 4.16. The summed E-state index contributed by atoms with van der Waals surface area (Å²) < 4.78 is 9.79. The lowest BCUT2D eigenvalue weighted by Gasteiger charge is -2.06. The van der Waals surface area contributed by atoms with Crippen molar-refractivity contribution in [3.8, 4) is 5.75 Å². The summed E-state index contributed by atoms with van der Waals surface area (Å²) in [6, 6.07) is 8.30. The molecule has 0 fully saturated rings. The molecule has 0 spiro atoms. The summed E-state index contributed by atoms with van der Waals surface area (Å²) in [5.74, 6) is -0.0695. The van der Waals surface area contributed by atoms with Gasteiger partial charge in [0.1, 0.15) is 5.75 Å². The van der Waals surface area contributed by atoms with E-state index in [2.05, 4.69) is 4.74 Å². The summed E-state index contributed by atoms with van der Waals surface area (Å²) in [6.45, 7) is 0. The lowest BCUT2D eigenvalue weighted by atomic mass is 10.1. The first-order valence-corrected chi connectivity index (χ1v) is 7.28. The predicted octanol–water partition coefficient (Wildman–Crippen LogP) is 3.36. The molecule has 21 heavy (non-hydrogen) atoms. The average Bonchev–Trinajstić information content (AvgIpc) is 2.94. The first-order valence-electron chi connectivity index (χ1n) is 6.09. The minimum Gasteiger partial charge on any atom is -0.496 e. The van der Waals surface area contributed by atoms with Crippen molar-refractivity contribution in [2.75, 3.05) is 14.2 Å². The van der Waals surface area contributed by atoms with E-state index in [4.69, 9.17) is 16.3 Å². The van der Waals surface area contributed by atoms with Crippen molar-refractivity contribution in [2.24, 2.45) is 0 Å². The van der Waals surface area contributed by atoms with Crippen LogP contribution in [0.1, 0.15) is 20.1 Å². The molecule has 6 heteroatoms. The molecule has 2 rings (SSSR count). The molecule has 0 amide bonds. The van der Waals surface area contributed by atoms with Crippen LogP contribution in [0.25, 0.3) is 0 Å². The Morgan fingerprint density at radius 2 is 1.95 bits per heavy atom. The Morgan fingerprint density at radius 1 is 1.19 bits per heavy atom. The molecule has 0 bridgehead atoms. The lowest BCUT2D eigenvalue weighted by molar-refractivity contribution is -0.139. The number of ketones is 1. The molecule has 0 saturated heterocycles. The summed E-state index contributed by atoms with van der Waals surface area (Å²) in [5.41, 5.74) is 0.438. The van der Waals surface area contributed by atoms with Gasteiger partial charge in [0, 0.05) is 9.90 Å². The monoisotopic (exact) mass is 324 g/mol. The highest BCUT2D eigenvalue weighted by Gasteiger charge is 2.17. The second-order valence-electron chi connectivity index (χ2n) is 4.19. The Balaban J connectivity index is 2.26. The van der Waals surface area contributed by atoms with Crippen molar-refractivity contribution in [1.82, 2.24) is 0 Å². The van der Waals surface area contributed by atoms with Crippen molar-refractivity contribution in [3.63, 3.8) is 0 Å². The van der Waals surface area contributed by atoms with Crippen LogP contribution in [0.2, 0.25) is 5.02 Å². The zero-order chi connectivity index (χ0) is 15.4. The van der Waals surface area contributed by atoms with Gasteiger partial charge in [0.15, 0.2) is 0 Å². The zero-order valence-electron chi connectivity index (χ0n) is 11.5. The van der Waals surface area contributed by atoms with Crippen molar-refractivity contribution >= 4 is 34.7 Å². The SMILES string of the molecule is COC(=O)Cc1ccc(C(=O)c2ccc(Cl)cc2OC)s1. The Kier molecular flexibility index (Phi) is 4.98. The summed E-state index contributed by atoms with van der Waals surface area (Å²) in [4.78, 5) is 25.0. The topological polar surface area (TPSA) is 52.6 Å². The van der Waals surface area contributed by atoms with Gasteiger partial charge < -0.3 is 9.47 Å². The summed E-state index contributed by atoms with van der Waals surface area (Å²) in [5, 5.41) is 0.501. The molecule has 0 radical (unpaired) electrons. The zero-order valence-corrected chi connectivity index (χ0v) is 13.1. The van der Waals surface area contributed by atoms with Gasteiger partial charge in [-0.15, -0.1) is 11.3 Å². The van der Waals surface area contributed by atoms with Gasteiger partial charge in [-0.1, -0.05) is 11.6 Å². The van der Waals surface area contributed by atoms with Crippen LogP contribution in [0.3, 0.4) is 0 Å². The number of carbonyl (C=O) groups is 2. The molecular formula is C15H13ClO4S. The number of rotatable bonds is 5. The second-order valence-corrected chi connectivity index (χ2v) is 5.80. The van der Waals surface area contributed by atoms with Crippen LogP contribution in [0, 0.1) is 0 Å². The average molecular weight is 325 g/mol. The van der Waals surface area contributed by atoms with Gasteiger partial charge in [-0.05, 0) is 30.3 Å². The molecule has 0 unspecified atom stereocenters. The standard InChI is InChI=1S/C15H13ClO4S/c1-19-12-7-9(16)3-5-11(12)15(18)13-6-4-10(21-13)8-14(17)20-2/h3-7H,8H2,1-2H3. The van der Waals surface area contributed by atoms with E-state index in [0.29, 0.717) is 21.2 Å². The lowest BCUT2D eigenvalue weighted by Crippen LogP contribution is -2.03. The second kappa shape index (κ2) is 6.74. The van der Waals surface area contributed by atoms with E-state index < -0.39 is 0 Å². The van der Waals surface area contributed by atoms with Crippen molar-refractivity contribution < 1.29 is 19.1 Å². The Hall–Kier alpha value is -1.85. The highest BCUT2D eigenvalue weighted by Crippen LogP contribution is 2.28. The number of benzene rings is 1. The third-order valence-electron chi connectivity index (χ3n) is 2.84. The van der Waals surface area contributed by atoms with Crippen molar-refractivity contribution in [2.45, 2.75) is 6.42 Å². The molecule has 0 aliphatic rings. The maximum Gasteiger partial charge on any atom is 0.310 e. The molecule has 2 aromatic rings. The number of hydrogen-bond acceptors (Lipinski definition) is 5. The largest absolute Gasteiger partial charge is 0.496 e. The number of methoxy groups -OCH3 is 2. The fourth-order valence-corrected chi connectivity index (χ4v) is 2.90. The molecule has 0 saturated carbocycles. The van der Waals surface area contributed by atoms with Crippen LogP contribution in [0.5, 0.6) is 5.75 Å². The molecular weight excluding hydrogens is 312 g/mol. The number of carbonyl (C=O) groups excluding carboxylic acids is 2. The summed E-state index contributed by atoms with van der Waals surface area (Å²) >= 11 is 7.15. The molecule has 1 aromatic carbocycles. The van der Waals surface area contributed by atoms with Crippen LogP contribution in [0.15, 0.2) is 30.3 Å². The first-order chi connectivity index (χ1) is 10.0. The molecule has 4 nitrogen and oxygen atoms in total. The maximum atomic E-state index is 12.5. The van der Waals surface area contributed by atoms with Gasteiger partial charge >= 0.3 is 5.97 Å². The number of esters is 1. The Labute approximate surface area is 131 Å². The van der Waals surface area contributed by atoms with Crippen LogP contribution in [-0.2, 0) is 16.0 Å². The van der Waals surface area contributed by atoms with E-state index in [9.17, 15) is 9.59 Å². The van der Waals surface area contributed by atoms with Gasteiger partial charge in [-0.25, -0.2) is 0 Å². The number of hydrogen-bond donors (Lipinski definition) is 0. The highest BCUT2D eigenvalue weighted by molar-refractivity contribution is 7.14. The van der Waals surface area contributed by atoms with Gasteiger partial charge in [0.05, 0.1) is 31.1 Å². The quantitative estimate of drug-likeness (QED) is 0.625. The smallest absolute Gasteiger partial charge is 0.310 e. The van der Waals surface area contributed by atoms with E-state index in [1.807, 2.05) is 0 Å². The van der Waals surface area contributed by atoms with E-state index in [1.54, 1.807) is 30.3 Å². The Morgan fingerprint density at radius 3 is 2.62 bits per heavy atom. The van der Waals surface area contributed by atoms with E-state index in [-0.39, 0.29) is 18.2 Å². The van der Waals surface area contributed by atoms with Crippen LogP contribution in [-0.4, -0.2) is 26.0 Å². The number of ether oxygens (including phenoxy) is 2. The van der Waals surface area contributed by atoms with E-state index >= 15 is 0 Å². The van der Waals surface area contributed by atoms with Gasteiger partial charge in [0.25, 0.3) is 0 Å². The molecule has 1 heterocycles. The minimum absolute atomic E-state index is 0.159. The van der Waals surface area contributed by atoms with Gasteiger partial charge in [-0.3, -0.25) is 9.59 Å².